The Labute approximate surface area is 201 Å². The molecule has 0 radical (unpaired) electrons. The minimum Gasteiger partial charge on any atom is -0.497 e. The van der Waals surface area contributed by atoms with Crippen LogP contribution in [0.2, 0.25) is 0 Å². The molecule has 10 heteroatoms. The number of ether oxygens (including phenoxy) is 2. The van der Waals surface area contributed by atoms with Crippen molar-refractivity contribution in [3.05, 3.63) is 54.1 Å². The summed E-state index contributed by atoms with van der Waals surface area (Å²) in [6.45, 7) is 4.94. The second-order valence-electron chi connectivity index (χ2n) is 8.18. The molecule has 0 spiro atoms. The van der Waals surface area contributed by atoms with Crippen LogP contribution in [0.5, 0.6) is 11.5 Å². The van der Waals surface area contributed by atoms with Crippen molar-refractivity contribution in [2.24, 2.45) is 0 Å². The van der Waals surface area contributed by atoms with Crippen molar-refractivity contribution in [3.8, 4) is 11.5 Å². The van der Waals surface area contributed by atoms with E-state index >= 15 is 0 Å². The number of carbonyl (C=O) groups is 2. The van der Waals surface area contributed by atoms with E-state index in [0.717, 1.165) is 16.1 Å². The number of amides is 2. The van der Waals surface area contributed by atoms with Crippen LogP contribution in [0.3, 0.4) is 0 Å². The van der Waals surface area contributed by atoms with Crippen molar-refractivity contribution in [2.75, 3.05) is 31.3 Å². The van der Waals surface area contributed by atoms with Crippen molar-refractivity contribution in [1.82, 2.24) is 10.2 Å². The molecule has 34 heavy (non-hydrogen) atoms. The van der Waals surface area contributed by atoms with Crippen molar-refractivity contribution in [2.45, 2.75) is 39.4 Å². The average Bonchev–Trinajstić information content (AvgIpc) is 2.79. The van der Waals surface area contributed by atoms with E-state index in [1.165, 1.54) is 12.0 Å². The molecule has 0 saturated heterocycles. The van der Waals surface area contributed by atoms with Crippen LogP contribution < -0.4 is 19.1 Å². The predicted molar refractivity (Wildman–Crippen MR) is 131 cm³/mol. The molecule has 1 N–H and O–H groups in total. The molecule has 0 aromatic heterocycles. The molecular formula is C24H33N3O6S. The maximum Gasteiger partial charge on any atom is 0.244 e. The molecule has 0 aliphatic rings. The molecule has 0 aliphatic heterocycles. The smallest absolute Gasteiger partial charge is 0.244 e. The number of nitrogens with zero attached hydrogens (tertiary/aromatic N) is 2. The number of methoxy groups -OCH3 is 2. The van der Waals surface area contributed by atoms with Gasteiger partial charge in [0.25, 0.3) is 0 Å². The van der Waals surface area contributed by atoms with Gasteiger partial charge >= 0.3 is 0 Å². The lowest BCUT2D eigenvalue weighted by atomic mass is 10.1. The predicted octanol–water partition coefficient (Wildman–Crippen LogP) is 2.41. The number of carbonyl (C=O) groups excluding carboxylic acids is 2. The second kappa shape index (κ2) is 11.7. The molecule has 0 fully saturated rings. The Morgan fingerprint density at radius 1 is 0.912 bits per heavy atom. The lowest BCUT2D eigenvalue weighted by Crippen LogP contribution is -2.52. The summed E-state index contributed by atoms with van der Waals surface area (Å²) in [6, 6.07) is 12.5. The van der Waals surface area contributed by atoms with Crippen molar-refractivity contribution >= 4 is 27.5 Å². The zero-order valence-electron chi connectivity index (χ0n) is 20.4. The summed E-state index contributed by atoms with van der Waals surface area (Å²) < 4.78 is 36.4. The molecule has 9 nitrogen and oxygen atoms in total. The largest absolute Gasteiger partial charge is 0.497 e. The zero-order valence-corrected chi connectivity index (χ0v) is 21.3. The first kappa shape index (κ1) is 27.0. The molecular weight excluding hydrogens is 458 g/mol. The van der Waals surface area contributed by atoms with E-state index in [-0.39, 0.29) is 18.5 Å². The first-order valence-electron chi connectivity index (χ1n) is 10.8. The Hall–Kier alpha value is -3.27. The first-order valence-corrected chi connectivity index (χ1v) is 12.7. The van der Waals surface area contributed by atoms with Crippen LogP contribution in [0.1, 0.15) is 26.3 Å². The normalized spacial score (nSPS) is 12.1. The number of rotatable bonds is 11. The number of anilines is 1. The highest BCUT2D eigenvalue weighted by molar-refractivity contribution is 7.92. The third-order valence-electron chi connectivity index (χ3n) is 5.15. The maximum atomic E-state index is 13.4. The lowest BCUT2D eigenvalue weighted by molar-refractivity contribution is -0.139. The third-order valence-corrected chi connectivity index (χ3v) is 6.29. The zero-order chi connectivity index (χ0) is 25.5. The fourth-order valence-corrected chi connectivity index (χ4v) is 4.13. The van der Waals surface area contributed by atoms with E-state index in [2.05, 4.69) is 5.32 Å². The highest BCUT2D eigenvalue weighted by atomic mass is 32.2. The Bertz CT molecular complexity index is 1070. The monoisotopic (exact) mass is 491 g/mol. The van der Waals surface area contributed by atoms with Gasteiger partial charge in [-0.25, -0.2) is 8.42 Å². The highest BCUT2D eigenvalue weighted by Crippen LogP contribution is 2.22. The average molecular weight is 492 g/mol. The SMILES string of the molecule is COc1ccc(CN(C(=O)CN(c2ccc(OC)cc2)S(C)(=O)=O)[C@@H](C)C(=O)NC(C)C)cc1. The molecule has 0 saturated carbocycles. The summed E-state index contributed by atoms with van der Waals surface area (Å²) in [7, 11) is -0.720. The van der Waals surface area contributed by atoms with Gasteiger partial charge in [-0.15, -0.1) is 0 Å². The molecule has 2 aromatic rings. The van der Waals surface area contributed by atoms with Crippen LogP contribution in [-0.2, 0) is 26.2 Å². The molecule has 0 unspecified atom stereocenters. The van der Waals surface area contributed by atoms with E-state index in [9.17, 15) is 18.0 Å². The first-order chi connectivity index (χ1) is 16.0. The van der Waals surface area contributed by atoms with Gasteiger partial charge in [0.15, 0.2) is 0 Å². The number of nitrogens with one attached hydrogen (secondary N) is 1. The Balaban J connectivity index is 2.37. The molecule has 2 amide bonds. The molecule has 2 rings (SSSR count). The van der Waals surface area contributed by atoms with Crippen LogP contribution >= 0.6 is 0 Å². The summed E-state index contributed by atoms with van der Waals surface area (Å²) >= 11 is 0. The van der Waals surface area contributed by atoms with Gasteiger partial charge in [-0.1, -0.05) is 12.1 Å². The van der Waals surface area contributed by atoms with E-state index in [4.69, 9.17) is 9.47 Å². The van der Waals surface area contributed by atoms with Crippen molar-refractivity contribution < 1.29 is 27.5 Å². The minimum atomic E-state index is -3.78. The topological polar surface area (TPSA) is 105 Å². The molecule has 2 aromatic carbocycles. The van der Waals surface area contributed by atoms with Crippen molar-refractivity contribution in [1.29, 1.82) is 0 Å². The van der Waals surface area contributed by atoms with Crippen LogP contribution in [-0.4, -0.2) is 64.2 Å². The minimum absolute atomic E-state index is 0.111. The van der Waals surface area contributed by atoms with Crippen LogP contribution in [0, 0.1) is 0 Å². The Kier molecular flexibility index (Phi) is 9.31. The van der Waals surface area contributed by atoms with Gasteiger partial charge in [-0.2, -0.15) is 0 Å². The van der Waals surface area contributed by atoms with Gasteiger partial charge < -0.3 is 19.7 Å². The van der Waals surface area contributed by atoms with Gasteiger partial charge in [-0.05, 0) is 62.7 Å². The number of hydrogen-bond acceptors (Lipinski definition) is 6. The Morgan fingerprint density at radius 2 is 1.41 bits per heavy atom. The van der Waals surface area contributed by atoms with Gasteiger partial charge in [0, 0.05) is 12.6 Å². The number of benzene rings is 2. The van der Waals surface area contributed by atoms with E-state index in [1.54, 1.807) is 62.6 Å². The summed E-state index contributed by atoms with van der Waals surface area (Å²) in [6.07, 6.45) is 1.03. The summed E-state index contributed by atoms with van der Waals surface area (Å²) in [4.78, 5) is 27.6. The third kappa shape index (κ3) is 7.38. The van der Waals surface area contributed by atoms with E-state index in [0.29, 0.717) is 17.2 Å². The van der Waals surface area contributed by atoms with Crippen LogP contribution in [0.25, 0.3) is 0 Å². The molecule has 0 aliphatic carbocycles. The molecule has 186 valence electrons. The summed E-state index contributed by atoms with van der Waals surface area (Å²) in [5, 5.41) is 2.81. The van der Waals surface area contributed by atoms with Crippen molar-refractivity contribution in [3.63, 3.8) is 0 Å². The van der Waals surface area contributed by atoms with Gasteiger partial charge in [0.05, 0.1) is 26.2 Å². The summed E-state index contributed by atoms with van der Waals surface area (Å²) in [5.41, 5.74) is 1.09. The second-order valence-corrected chi connectivity index (χ2v) is 10.1. The lowest BCUT2D eigenvalue weighted by Gasteiger charge is -2.32. The maximum absolute atomic E-state index is 13.4. The molecule has 0 bridgehead atoms. The van der Waals surface area contributed by atoms with E-state index < -0.39 is 28.5 Å². The highest BCUT2D eigenvalue weighted by Gasteiger charge is 2.30. The number of hydrogen-bond donors (Lipinski definition) is 1. The number of sulfonamides is 1. The standard InChI is InChI=1S/C24H33N3O6S/c1-17(2)25-24(29)18(3)26(15-19-7-11-21(32-4)12-8-19)23(28)16-27(34(6,30)31)20-9-13-22(33-5)14-10-20/h7-14,17-18H,15-16H2,1-6H3,(H,25,29)/t18-/m0/s1. The van der Waals surface area contributed by atoms with Gasteiger partial charge in [0.1, 0.15) is 24.1 Å². The van der Waals surface area contributed by atoms with Crippen LogP contribution in [0.15, 0.2) is 48.5 Å². The van der Waals surface area contributed by atoms with Gasteiger partial charge in [0.2, 0.25) is 21.8 Å². The fourth-order valence-electron chi connectivity index (χ4n) is 3.28. The molecule has 1 atom stereocenters. The van der Waals surface area contributed by atoms with E-state index in [1.807, 2.05) is 13.8 Å². The quantitative estimate of drug-likeness (QED) is 0.518. The van der Waals surface area contributed by atoms with Crippen LogP contribution in [0.4, 0.5) is 5.69 Å². The molecule has 0 heterocycles. The van der Waals surface area contributed by atoms with Gasteiger partial charge in [-0.3, -0.25) is 13.9 Å². The fraction of sp³-hybridized carbons (Fsp3) is 0.417. The Morgan fingerprint density at radius 3 is 1.85 bits per heavy atom. The summed E-state index contributed by atoms with van der Waals surface area (Å²) in [5.74, 6) is 0.384.